The lowest BCUT2D eigenvalue weighted by molar-refractivity contribution is -0.155. The predicted molar refractivity (Wildman–Crippen MR) is 80.7 cm³/mol. The van der Waals surface area contributed by atoms with Crippen LogP contribution in [0.1, 0.15) is 32.3 Å². The first-order valence-electron chi connectivity index (χ1n) is 7.66. The molecule has 1 N–H and O–H groups in total. The number of alkyl halides is 2. The van der Waals surface area contributed by atoms with Crippen molar-refractivity contribution in [3.8, 4) is 6.07 Å². The number of nitrogens with zero attached hydrogens (tertiary/aromatic N) is 1. The number of halogens is 2. The van der Waals surface area contributed by atoms with E-state index in [1.54, 1.807) is 18.2 Å². The van der Waals surface area contributed by atoms with E-state index in [1.807, 2.05) is 6.07 Å². The first kappa shape index (κ1) is 15.9. The van der Waals surface area contributed by atoms with Gasteiger partial charge < -0.3 is 10.1 Å². The van der Waals surface area contributed by atoms with Crippen LogP contribution in [0.2, 0.25) is 0 Å². The summed E-state index contributed by atoms with van der Waals surface area (Å²) in [4.78, 5) is 12.1. The Labute approximate surface area is 134 Å². The second-order valence-electron chi connectivity index (χ2n) is 6.41. The maximum atomic E-state index is 13.2. The van der Waals surface area contributed by atoms with Gasteiger partial charge in [0.15, 0.2) is 0 Å². The van der Waals surface area contributed by atoms with Crippen LogP contribution in [0.3, 0.4) is 0 Å². The van der Waals surface area contributed by atoms with Crippen LogP contribution in [0.25, 0.3) is 0 Å². The molecule has 3 atom stereocenters. The molecule has 6 heteroatoms. The van der Waals surface area contributed by atoms with Crippen LogP contribution >= 0.6 is 0 Å². The van der Waals surface area contributed by atoms with Crippen LogP contribution < -0.4 is 5.32 Å². The number of hydrogen-bond donors (Lipinski definition) is 1. The number of benzene rings is 1. The molecule has 1 heterocycles. The maximum absolute atomic E-state index is 13.2. The summed E-state index contributed by atoms with van der Waals surface area (Å²) in [6, 6.07) is 9.14. The minimum atomic E-state index is -2.81. The summed E-state index contributed by atoms with van der Waals surface area (Å²) in [6.07, 6.45) is 0.952. The minimum absolute atomic E-state index is 0. The first-order valence-corrected chi connectivity index (χ1v) is 7.66. The first-order chi connectivity index (χ1) is 10.9. The molecule has 0 unspecified atom stereocenters. The molecule has 23 heavy (non-hydrogen) atoms. The molecule has 1 aromatic rings. The SMILES string of the molecule is CC(F)(F)[C@H]1C[C@@H]1C(=O)NC[C@@]1(c2cccc(C#N)c2)CCO1.[HH]. The van der Waals surface area contributed by atoms with Crippen LogP contribution in [-0.2, 0) is 15.1 Å². The van der Waals surface area contributed by atoms with Crippen molar-refractivity contribution in [2.45, 2.75) is 31.3 Å². The average Bonchev–Trinajstić information content (AvgIpc) is 3.26. The van der Waals surface area contributed by atoms with Crippen LogP contribution in [0.5, 0.6) is 0 Å². The fourth-order valence-electron chi connectivity index (χ4n) is 3.10. The van der Waals surface area contributed by atoms with Gasteiger partial charge >= 0.3 is 0 Å². The highest BCUT2D eigenvalue weighted by molar-refractivity contribution is 5.81. The number of ether oxygens (including phenoxy) is 1. The monoisotopic (exact) mass is 322 g/mol. The van der Waals surface area contributed by atoms with Crippen LogP contribution in [0.15, 0.2) is 24.3 Å². The lowest BCUT2D eigenvalue weighted by Crippen LogP contribution is -2.50. The predicted octanol–water partition coefficient (Wildman–Crippen LogP) is 2.83. The van der Waals surface area contributed by atoms with E-state index in [0.29, 0.717) is 12.2 Å². The third-order valence-electron chi connectivity index (χ3n) is 4.73. The molecule has 2 fully saturated rings. The largest absolute Gasteiger partial charge is 0.368 e. The van der Waals surface area contributed by atoms with Gasteiger partial charge in [-0.15, -0.1) is 0 Å². The number of nitriles is 1. The third-order valence-corrected chi connectivity index (χ3v) is 4.73. The van der Waals surface area contributed by atoms with Gasteiger partial charge in [0.2, 0.25) is 11.8 Å². The highest BCUT2D eigenvalue weighted by Crippen LogP contribution is 2.49. The lowest BCUT2D eigenvalue weighted by Gasteiger charge is -2.42. The summed E-state index contributed by atoms with van der Waals surface area (Å²) in [5, 5.41) is 11.7. The van der Waals surface area contributed by atoms with E-state index in [9.17, 15) is 13.6 Å². The number of carbonyl (C=O) groups is 1. The van der Waals surface area contributed by atoms with E-state index in [2.05, 4.69) is 11.4 Å². The summed E-state index contributed by atoms with van der Waals surface area (Å²) in [5.74, 6) is -4.63. The summed E-state index contributed by atoms with van der Waals surface area (Å²) in [7, 11) is 0. The van der Waals surface area contributed by atoms with Gasteiger partial charge in [-0.25, -0.2) is 8.78 Å². The van der Waals surface area contributed by atoms with E-state index < -0.39 is 23.4 Å². The van der Waals surface area contributed by atoms with Gasteiger partial charge in [0.05, 0.1) is 24.8 Å². The van der Waals surface area contributed by atoms with Crippen molar-refractivity contribution < 1.29 is 19.7 Å². The number of amides is 1. The van der Waals surface area contributed by atoms with E-state index in [4.69, 9.17) is 10.00 Å². The summed E-state index contributed by atoms with van der Waals surface area (Å²) in [6.45, 7) is 1.67. The second kappa shape index (κ2) is 5.57. The molecule has 1 amide bonds. The van der Waals surface area contributed by atoms with Crippen molar-refractivity contribution in [2.75, 3.05) is 13.2 Å². The molecule has 124 valence electrons. The van der Waals surface area contributed by atoms with E-state index in [0.717, 1.165) is 18.9 Å². The summed E-state index contributed by atoms with van der Waals surface area (Å²) >= 11 is 0. The molecule has 0 bridgehead atoms. The Morgan fingerprint density at radius 3 is 2.87 bits per heavy atom. The van der Waals surface area contributed by atoms with Crippen molar-refractivity contribution >= 4 is 5.91 Å². The molecule has 1 aliphatic heterocycles. The third kappa shape index (κ3) is 3.06. The molecule has 1 saturated heterocycles. The highest BCUT2D eigenvalue weighted by Gasteiger charge is 2.55. The second-order valence-corrected chi connectivity index (χ2v) is 6.41. The fourth-order valence-corrected chi connectivity index (χ4v) is 3.10. The van der Waals surface area contributed by atoms with Crippen LogP contribution in [0, 0.1) is 23.2 Å². The molecule has 1 saturated carbocycles. The van der Waals surface area contributed by atoms with E-state index in [1.165, 1.54) is 0 Å². The smallest absolute Gasteiger partial charge is 0.248 e. The molecule has 3 rings (SSSR count). The van der Waals surface area contributed by atoms with Gasteiger partial charge in [-0.2, -0.15) is 5.26 Å². The Kier molecular flexibility index (Phi) is 3.85. The lowest BCUT2D eigenvalue weighted by atomic mass is 9.85. The van der Waals surface area contributed by atoms with E-state index in [-0.39, 0.29) is 20.3 Å². The van der Waals surface area contributed by atoms with Gasteiger partial charge in [-0.05, 0) is 31.0 Å². The minimum Gasteiger partial charge on any atom is -0.368 e. The topological polar surface area (TPSA) is 62.1 Å². The van der Waals surface area contributed by atoms with Crippen LogP contribution in [-0.4, -0.2) is 25.0 Å². The van der Waals surface area contributed by atoms with Gasteiger partial charge in [0, 0.05) is 19.7 Å². The van der Waals surface area contributed by atoms with Gasteiger partial charge in [-0.1, -0.05) is 12.1 Å². The number of hydrogen-bond acceptors (Lipinski definition) is 3. The Hall–Kier alpha value is -2.00. The maximum Gasteiger partial charge on any atom is 0.248 e. The van der Waals surface area contributed by atoms with E-state index >= 15 is 0 Å². The van der Waals surface area contributed by atoms with Crippen molar-refractivity contribution in [3.63, 3.8) is 0 Å². The quantitative estimate of drug-likeness (QED) is 0.907. The van der Waals surface area contributed by atoms with Crippen molar-refractivity contribution in [2.24, 2.45) is 11.8 Å². The molecule has 0 aromatic heterocycles. The Balaban J connectivity index is 0.00000208. The Bertz CT molecular complexity index is 665. The van der Waals surface area contributed by atoms with Crippen molar-refractivity contribution in [1.82, 2.24) is 5.32 Å². The van der Waals surface area contributed by atoms with Gasteiger partial charge in [-0.3, -0.25) is 4.79 Å². The zero-order valence-electron chi connectivity index (χ0n) is 12.8. The number of carbonyl (C=O) groups excluding carboxylic acids is 1. The van der Waals surface area contributed by atoms with Crippen LogP contribution in [0.4, 0.5) is 8.78 Å². The molecule has 0 radical (unpaired) electrons. The molecule has 1 aliphatic carbocycles. The van der Waals surface area contributed by atoms with Gasteiger partial charge in [0.1, 0.15) is 5.60 Å². The molecule has 2 aliphatic rings. The summed E-state index contributed by atoms with van der Waals surface area (Å²) < 4.78 is 32.0. The molecule has 0 spiro atoms. The zero-order chi connectivity index (χ0) is 16.7. The Morgan fingerprint density at radius 2 is 2.35 bits per heavy atom. The standard InChI is InChI=1S/C17H18F2N2O2.H2/c1-16(18,19)14-8-13(14)15(22)21-10-17(5-6-23-17)12-4-2-3-11(7-12)9-20;/h2-4,7,13-14H,5-6,8,10H2,1H3,(H,21,22);1H/t13-,14-,17+;/m0./s1. The highest BCUT2D eigenvalue weighted by atomic mass is 19.3. The molecule has 1 aromatic carbocycles. The fraction of sp³-hybridized carbons (Fsp3) is 0.529. The normalized spacial score (nSPS) is 29.3. The Morgan fingerprint density at radius 1 is 1.61 bits per heavy atom. The molecular weight excluding hydrogens is 302 g/mol. The average molecular weight is 322 g/mol. The van der Waals surface area contributed by atoms with Gasteiger partial charge in [0.25, 0.3) is 0 Å². The summed E-state index contributed by atoms with van der Waals surface area (Å²) in [5.41, 5.74) is 0.703. The van der Waals surface area contributed by atoms with Crippen molar-refractivity contribution in [1.29, 1.82) is 5.26 Å². The van der Waals surface area contributed by atoms with Crippen molar-refractivity contribution in [3.05, 3.63) is 35.4 Å². The number of rotatable bonds is 5. The number of nitrogens with one attached hydrogen (secondary N) is 1. The molecule has 4 nitrogen and oxygen atoms in total. The molecular formula is C17H20F2N2O2. The zero-order valence-corrected chi connectivity index (χ0v) is 12.8.